The van der Waals surface area contributed by atoms with Gasteiger partial charge in [0, 0.05) is 23.0 Å². The molecule has 1 saturated carbocycles. The van der Waals surface area contributed by atoms with Gasteiger partial charge < -0.3 is 11.1 Å². The molecule has 3 nitrogen and oxygen atoms in total. The van der Waals surface area contributed by atoms with Gasteiger partial charge in [-0.25, -0.2) is 0 Å². The van der Waals surface area contributed by atoms with Gasteiger partial charge in [0.25, 0.3) is 0 Å². The van der Waals surface area contributed by atoms with Gasteiger partial charge in [0.05, 0.1) is 0 Å². The van der Waals surface area contributed by atoms with E-state index in [4.69, 9.17) is 5.73 Å². The molecule has 1 aromatic rings. The standard InChI is InChI=1S/C13H17BrN2O/c14-11-4-1-9(2-5-11)8-16-13(17)10-3-6-12(15)7-10/h1-2,4-5,10,12H,3,6-8,15H2,(H,16,17). The molecular formula is C13H17BrN2O. The molecule has 17 heavy (non-hydrogen) atoms. The van der Waals surface area contributed by atoms with Gasteiger partial charge in [-0.05, 0) is 37.0 Å². The highest BCUT2D eigenvalue weighted by Gasteiger charge is 2.27. The highest BCUT2D eigenvalue weighted by atomic mass is 79.9. The minimum Gasteiger partial charge on any atom is -0.352 e. The first-order valence-electron chi connectivity index (χ1n) is 5.93. The number of rotatable bonds is 3. The van der Waals surface area contributed by atoms with Crippen molar-refractivity contribution in [3.05, 3.63) is 34.3 Å². The number of halogens is 1. The van der Waals surface area contributed by atoms with E-state index in [0.29, 0.717) is 6.54 Å². The Balaban J connectivity index is 1.82. The SMILES string of the molecule is NC1CCC(C(=O)NCc2ccc(Br)cc2)C1. The summed E-state index contributed by atoms with van der Waals surface area (Å²) in [5, 5.41) is 2.97. The van der Waals surface area contributed by atoms with Crippen LogP contribution in [0, 0.1) is 5.92 Å². The van der Waals surface area contributed by atoms with E-state index in [-0.39, 0.29) is 17.9 Å². The Morgan fingerprint density at radius 3 is 2.65 bits per heavy atom. The zero-order valence-corrected chi connectivity index (χ0v) is 11.2. The third-order valence-electron chi connectivity index (χ3n) is 3.22. The number of carbonyl (C=O) groups is 1. The van der Waals surface area contributed by atoms with E-state index in [0.717, 1.165) is 29.3 Å². The first kappa shape index (κ1) is 12.6. The molecule has 0 saturated heterocycles. The van der Waals surface area contributed by atoms with Crippen molar-refractivity contribution in [1.82, 2.24) is 5.32 Å². The summed E-state index contributed by atoms with van der Waals surface area (Å²) in [4.78, 5) is 11.9. The second kappa shape index (κ2) is 5.65. The van der Waals surface area contributed by atoms with Crippen LogP contribution in [-0.4, -0.2) is 11.9 Å². The van der Waals surface area contributed by atoms with Crippen LogP contribution in [0.3, 0.4) is 0 Å². The van der Waals surface area contributed by atoms with E-state index in [1.54, 1.807) is 0 Å². The molecule has 1 amide bonds. The molecule has 4 heteroatoms. The van der Waals surface area contributed by atoms with Crippen molar-refractivity contribution in [2.75, 3.05) is 0 Å². The quantitative estimate of drug-likeness (QED) is 0.898. The fourth-order valence-corrected chi connectivity index (χ4v) is 2.45. The summed E-state index contributed by atoms with van der Waals surface area (Å²) in [6.07, 6.45) is 2.72. The summed E-state index contributed by atoms with van der Waals surface area (Å²) >= 11 is 3.38. The maximum absolute atomic E-state index is 11.9. The highest BCUT2D eigenvalue weighted by molar-refractivity contribution is 9.10. The molecule has 3 N–H and O–H groups in total. The van der Waals surface area contributed by atoms with Gasteiger partial charge in [-0.15, -0.1) is 0 Å². The smallest absolute Gasteiger partial charge is 0.223 e. The molecule has 0 spiro atoms. The second-order valence-electron chi connectivity index (χ2n) is 4.61. The summed E-state index contributed by atoms with van der Waals surface area (Å²) in [6, 6.07) is 8.17. The van der Waals surface area contributed by atoms with Crippen LogP contribution in [0.2, 0.25) is 0 Å². The van der Waals surface area contributed by atoms with Gasteiger partial charge >= 0.3 is 0 Å². The van der Waals surface area contributed by atoms with Gasteiger partial charge in [0.2, 0.25) is 5.91 Å². The van der Waals surface area contributed by atoms with Crippen molar-refractivity contribution in [2.24, 2.45) is 11.7 Å². The maximum atomic E-state index is 11.9. The Labute approximate surface area is 110 Å². The Kier molecular flexibility index (Phi) is 4.18. The molecule has 1 fully saturated rings. The second-order valence-corrected chi connectivity index (χ2v) is 5.53. The Hall–Kier alpha value is -0.870. The monoisotopic (exact) mass is 296 g/mol. The lowest BCUT2D eigenvalue weighted by Crippen LogP contribution is -2.29. The van der Waals surface area contributed by atoms with Crippen molar-refractivity contribution in [3.8, 4) is 0 Å². The van der Waals surface area contributed by atoms with Gasteiger partial charge in [-0.2, -0.15) is 0 Å². The van der Waals surface area contributed by atoms with Crippen LogP contribution in [0.25, 0.3) is 0 Å². The number of hydrogen-bond acceptors (Lipinski definition) is 2. The van der Waals surface area contributed by atoms with Crippen molar-refractivity contribution in [2.45, 2.75) is 31.8 Å². The van der Waals surface area contributed by atoms with Crippen LogP contribution in [0.1, 0.15) is 24.8 Å². The van der Waals surface area contributed by atoms with Crippen LogP contribution in [0.15, 0.2) is 28.7 Å². The van der Waals surface area contributed by atoms with Crippen molar-refractivity contribution in [3.63, 3.8) is 0 Å². The summed E-state index contributed by atoms with van der Waals surface area (Å²) in [5.74, 6) is 0.251. The van der Waals surface area contributed by atoms with E-state index in [9.17, 15) is 4.79 Å². The minimum absolute atomic E-state index is 0.112. The minimum atomic E-state index is 0.112. The molecule has 1 aromatic carbocycles. The highest BCUT2D eigenvalue weighted by Crippen LogP contribution is 2.24. The third kappa shape index (κ3) is 3.54. The molecule has 0 heterocycles. The van der Waals surface area contributed by atoms with Gasteiger partial charge in [0.15, 0.2) is 0 Å². The first-order chi connectivity index (χ1) is 8.15. The Morgan fingerprint density at radius 2 is 2.06 bits per heavy atom. The third-order valence-corrected chi connectivity index (χ3v) is 3.75. The zero-order valence-electron chi connectivity index (χ0n) is 9.66. The number of carbonyl (C=O) groups excluding carboxylic acids is 1. The summed E-state index contributed by atoms with van der Waals surface area (Å²) in [6.45, 7) is 0.595. The van der Waals surface area contributed by atoms with Crippen LogP contribution in [0.4, 0.5) is 0 Å². The molecule has 1 aliphatic carbocycles. The van der Waals surface area contributed by atoms with Crippen LogP contribution in [-0.2, 0) is 11.3 Å². The van der Waals surface area contributed by atoms with E-state index < -0.39 is 0 Å². The van der Waals surface area contributed by atoms with Gasteiger partial charge in [0.1, 0.15) is 0 Å². The number of hydrogen-bond donors (Lipinski definition) is 2. The number of benzene rings is 1. The average molecular weight is 297 g/mol. The molecule has 0 aliphatic heterocycles. The normalized spacial score (nSPS) is 23.6. The molecule has 92 valence electrons. The molecular weight excluding hydrogens is 280 g/mol. The summed E-state index contributed by atoms with van der Waals surface area (Å²) in [5.41, 5.74) is 6.92. The molecule has 2 atom stereocenters. The Bertz CT molecular complexity index is 391. The fraction of sp³-hybridized carbons (Fsp3) is 0.462. The molecule has 2 unspecified atom stereocenters. The zero-order chi connectivity index (χ0) is 12.3. The fourth-order valence-electron chi connectivity index (χ4n) is 2.19. The van der Waals surface area contributed by atoms with Gasteiger partial charge in [-0.1, -0.05) is 28.1 Å². The first-order valence-corrected chi connectivity index (χ1v) is 6.72. The van der Waals surface area contributed by atoms with E-state index in [1.165, 1.54) is 0 Å². The average Bonchev–Trinajstić information content (AvgIpc) is 2.75. The molecule has 0 aromatic heterocycles. The summed E-state index contributed by atoms with van der Waals surface area (Å²) < 4.78 is 1.05. The predicted molar refractivity (Wildman–Crippen MR) is 71.3 cm³/mol. The Morgan fingerprint density at radius 1 is 1.35 bits per heavy atom. The molecule has 0 radical (unpaired) electrons. The van der Waals surface area contributed by atoms with E-state index >= 15 is 0 Å². The summed E-state index contributed by atoms with van der Waals surface area (Å²) in [7, 11) is 0. The lowest BCUT2D eigenvalue weighted by Gasteiger charge is -2.10. The van der Waals surface area contributed by atoms with Crippen LogP contribution >= 0.6 is 15.9 Å². The predicted octanol–water partition coefficient (Wildman–Crippen LogP) is 2.19. The van der Waals surface area contributed by atoms with E-state index in [1.807, 2.05) is 24.3 Å². The van der Waals surface area contributed by atoms with Crippen LogP contribution < -0.4 is 11.1 Å². The van der Waals surface area contributed by atoms with Crippen molar-refractivity contribution >= 4 is 21.8 Å². The molecule has 2 rings (SSSR count). The molecule has 0 bridgehead atoms. The maximum Gasteiger partial charge on any atom is 0.223 e. The number of nitrogens with two attached hydrogens (primary N) is 1. The van der Waals surface area contributed by atoms with Gasteiger partial charge in [-0.3, -0.25) is 4.79 Å². The largest absolute Gasteiger partial charge is 0.352 e. The number of amides is 1. The van der Waals surface area contributed by atoms with Crippen molar-refractivity contribution in [1.29, 1.82) is 0 Å². The topological polar surface area (TPSA) is 55.1 Å². The van der Waals surface area contributed by atoms with Crippen molar-refractivity contribution < 1.29 is 4.79 Å². The lowest BCUT2D eigenvalue weighted by molar-refractivity contribution is -0.125. The number of nitrogens with one attached hydrogen (secondary N) is 1. The van der Waals surface area contributed by atoms with E-state index in [2.05, 4.69) is 21.2 Å². The lowest BCUT2D eigenvalue weighted by atomic mass is 10.1. The molecule has 1 aliphatic rings. The van der Waals surface area contributed by atoms with Crippen LogP contribution in [0.5, 0.6) is 0 Å².